The summed E-state index contributed by atoms with van der Waals surface area (Å²) in [5.41, 5.74) is 0.643. The highest BCUT2D eigenvalue weighted by Crippen LogP contribution is 2.31. The molecule has 3 aromatic rings. The van der Waals surface area contributed by atoms with Crippen LogP contribution in [0.5, 0.6) is 11.5 Å². The Morgan fingerprint density at radius 2 is 1.86 bits per heavy atom. The summed E-state index contributed by atoms with van der Waals surface area (Å²) >= 11 is 5.09. The van der Waals surface area contributed by atoms with Crippen molar-refractivity contribution >= 4 is 46.6 Å². The van der Waals surface area contributed by atoms with Crippen LogP contribution in [0.2, 0.25) is 0 Å². The molecule has 9 nitrogen and oxygen atoms in total. The first kappa shape index (κ1) is 24.5. The van der Waals surface area contributed by atoms with E-state index in [1.807, 2.05) is 0 Å². The van der Waals surface area contributed by atoms with Crippen LogP contribution in [0.25, 0.3) is 6.08 Å². The Bertz CT molecular complexity index is 1420. The van der Waals surface area contributed by atoms with Gasteiger partial charge in [0, 0.05) is 12.1 Å². The van der Waals surface area contributed by atoms with E-state index in [2.05, 4.69) is 5.32 Å². The van der Waals surface area contributed by atoms with E-state index >= 15 is 0 Å². The third-order valence-electron chi connectivity index (χ3n) is 5.21. The number of thiocarbonyl (C=S) groups is 1. The third kappa shape index (κ3) is 5.05. The molecule has 0 spiro atoms. The number of nitrogens with zero attached hydrogens (tertiary/aromatic N) is 2. The van der Waals surface area contributed by atoms with Crippen molar-refractivity contribution < 1.29 is 28.4 Å². The normalized spacial score (nSPS) is 14.6. The lowest BCUT2D eigenvalue weighted by molar-refractivity contribution is -0.384. The number of non-ortho nitro benzene ring substituents is 1. The number of para-hydroxylation sites is 1. The monoisotopic (exact) mass is 507 g/mol. The van der Waals surface area contributed by atoms with Gasteiger partial charge >= 0.3 is 0 Å². The highest BCUT2D eigenvalue weighted by atomic mass is 32.1. The van der Waals surface area contributed by atoms with Gasteiger partial charge in [-0.15, -0.1) is 0 Å². The lowest BCUT2D eigenvalue weighted by atomic mass is 10.1. The van der Waals surface area contributed by atoms with Crippen LogP contribution < -0.4 is 19.7 Å². The predicted octanol–water partition coefficient (Wildman–Crippen LogP) is 4.15. The largest absolute Gasteiger partial charge is 0.493 e. The SMILES string of the molecule is COc1cc(/C=C2\C(=O)NC(=S)N(c3ccccc3F)C2=O)ccc1OCc1cccc([N+](=O)[O-])c1. The number of amides is 2. The zero-order chi connectivity index (χ0) is 25.8. The van der Waals surface area contributed by atoms with E-state index in [1.165, 1.54) is 43.5 Å². The second-order valence-corrected chi connectivity index (χ2v) is 7.92. The number of carbonyl (C=O) groups is 2. The highest BCUT2D eigenvalue weighted by Gasteiger charge is 2.35. The Morgan fingerprint density at radius 3 is 2.58 bits per heavy atom. The van der Waals surface area contributed by atoms with Crippen molar-refractivity contribution in [1.82, 2.24) is 5.32 Å². The molecule has 2 amide bonds. The molecule has 11 heteroatoms. The first-order valence-electron chi connectivity index (χ1n) is 10.5. The molecule has 0 saturated carbocycles. The molecule has 0 aromatic heterocycles. The molecular formula is C25H18FN3O6S. The molecule has 1 aliphatic rings. The number of carbonyl (C=O) groups excluding carboxylic acids is 2. The minimum absolute atomic E-state index is 0.0500. The van der Waals surface area contributed by atoms with Gasteiger partial charge in [-0.2, -0.15) is 0 Å². The van der Waals surface area contributed by atoms with Crippen LogP contribution in [0.1, 0.15) is 11.1 Å². The Kier molecular flexibility index (Phi) is 7.02. The van der Waals surface area contributed by atoms with Gasteiger partial charge in [0.25, 0.3) is 17.5 Å². The van der Waals surface area contributed by atoms with Crippen molar-refractivity contribution in [3.05, 3.63) is 99.4 Å². The summed E-state index contributed by atoms with van der Waals surface area (Å²) in [7, 11) is 1.42. The predicted molar refractivity (Wildman–Crippen MR) is 133 cm³/mol. The van der Waals surface area contributed by atoms with Crippen molar-refractivity contribution in [3.63, 3.8) is 0 Å². The smallest absolute Gasteiger partial charge is 0.270 e. The number of anilines is 1. The van der Waals surface area contributed by atoms with E-state index in [0.717, 1.165) is 4.90 Å². The van der Waals surface area contributed by atoms with Crippen molar-refractivity contribution in [3.8, 4) is 11.5 Å². The summed E-state index contributed by atoms with van der Waals surface area (Å²) < 4.78 is 25.5. The van der Waals surface area contributed by atoms with Crippen LogP contribution in [0, 0.1) is 15.9 Å². The van der Waals surface area contributed by atoms with Crippen LogP contribution >= 0.6 is 12.2 Å². The summed E-state index contributed by atoms with van der Waals surface area (Å²) in [4.78, 5) is 37.0. The molecule has 0 aliphatic carbocycles. The third-order valence-corrected chi connectivity index (χ3v) is 5.49. The fourth-order valence-corrected chi connectivity index (χ4v) is 3.76. The number of halogens is 1. The van der Waals surface area contributed by atoms with Gasteiger partial charge in [-0.3, -0.25) is 25.0 Å². The van der Waals surface area contributed by atoms with Gasteiger partial charge in [0.2, 0.25) is 0 Å². The fraction of sp³-hybridized carbons (Fsp3) is 0.0800. The minimum atomic E-state index is -0.779. The van der Waals surface area contributed by atoms with Crippen molar-refractivity contribution in [1.29, 1.82) is 0 Å². The summed E-state index contributed by atoms with van der Waals surface area (Å²) in [6.07, 6.45) is 1.33. The zero-order valence-electron chi connectivity index (χ0n) is 18.8. The summed E-state index contributed by atoms with van der Waals surface area (Å²) in [5.74, 6) is -1.52. The van der Waals surface area contributed by atoms with E-state index in [1.54, 1.807) is 36.4 Å². The summed E-state index contributed by atoms with van der Waals surface area (Å²) in [6.45, 7) is 0.0500. The molecule has 1 saturated heterocycles. The number of benzene rings is 3. The molecule has 0 radical (unpaired) electrons. The topological polar surface area (TPSA) is 111 Å². The molecular weight excluding hydrogens is 489 g/mol. The molecule has 1 aliphatic heterocycles. The molecule has 0 unspecified atom stereocenters. The molecule has 4 rings (SSSR count). The maximum Gasteiger partial charge on any atom is 0.270 e. The van der Waals surface area contributed by atoms with Gasteiger partial charge in [0.15, 0.2) is 16.6 Å². The molecule has 1 heterocycles. The molecule has 182 valence electrons. The van der Waals surface area contributed by atoms with Gasteiger partial charge in [-0.25, -0.2) is 9.29 Å². The Labute approximate surface area is 209 Å². The van der Waals surface area contributed by atoms with Gasteiger partial charge in [0.05, 0.1) is 17.7 Å². The first-order chi connectivity index (χ1) is 17.3. The lowest BCUT2D eigenvalue weighted by Gasteiger charge is -2.29. The quantitative estimate of drug-likeness (QED) is 0.168. The van der Waals surface area contributed by atoms with Crippen molar-refractivity contribution in [2.75, 3.05) is 12.0 Å². The molecule has 0 bridgehead atoms. The maximum absolute atomic E-state index is 14.3. The summed E-state index contributed by atoms with van der Waals surface area (Å²) in [5, 5.41) is 13.1. The van der Waals surface area contributed by atoms with Crippen LogP contribution in [-0.4, -0.2) is 29.0 Å². The van der Waals surface area contributed by atoms with E-state index in [9.17, 15) is 24.1 Å². The number of nitrogens with one attached hydrogen (secondary N) is 1. The minimum Gasteiger partial charge on any atom is -0.493 e. The Hall–Kier alpha value is -4.64. The van der Waals surface area contributed by atoms with Crippen LogP contribution in [-0.2, 0) is 16.2 Å². The van der Waals surface area contributed by atoms with Crippen LogP contribution in [0.4, 0.5) is 15.8 Å². The number of nitro benzene ring substituents is 1. The molecule has 3 aromatic carbocycles. The zero-order valence-corrected chi connectivity index (χ0v) is 19.6. The van der Waals surface area contributed by atoms with Crippen molar-refractivity contribution in [2.24, 2.45) is 0 Å². The second kappa shape index (κ2) is 10.3. The maximum atomic E-state index is 14.3. The van der Waals surface area contributed by atoms with Gasteiger partial charge < -0.3 is 9.47 Å². The molecule has 36 heavy (non-hydrogen) atoms. The average molecular weight is 507 g/mol. The van der Waals surface area contributed by atoms with Gasteiger partial charge in [0.1, 0.15) is 18.0 Å². The highest BCUT2D eigenvalue weighted by molar-refractivity contribution is 7.80. The Balaban J connectivity index is 1.59. The average Bonchev–Trinajstić information content (AvgIpc) is 2.86. The summed E-state index contributed by atoms with van der Waals surface area (Å²) in [6, 6.07) is 16.4. The van der Waals surface area contributed by atoms with E-state index in [4.69, 9.17) is 21.7 Å². The molecule has 1 fully saturated rings. The number of ether oxygens (including phenoxy) is 2. The standard InChI is InChI=1S/C25H18FN3O6S/c1-34-22-13-15(9-10-21(22)35-14-16-5-4-6-17(11-16)29(32)33)12-18-23(30)27-25(36)28(24(18)31)20-8-3-2-7-19(20)26/h2-13H,14H2,1H3,(H,27,30,36)/b18-12+. The number of nitro groups is 1. The molecule has 0 atom stereocenters. The molecule has 1 N–H and O–H groups in total. The number of hydrogen-bond donors (Lipinski definition) is 1. The Morgan fingerprint density at radius 1 is 1.08 bits per heavy atom. The van der Waals surface area contributed by atoms with E-state index < -0.39 is 22.6 Å². The van der Waals surface area contributed by atoms with Crippen molar-refractivity contribution in [2.45, 2.75) is 6.61 Å². The van der Waals surface area contributed by atoms with E-state index in [-0.39, 0.29) is 28.7 Å². The fourth-order valence-electron chi connectivity index (χ4n) is 3.49. The lowest BCUT2D eigenvalue weighted by Crippen LogP contribution is -2.54. The van der Waals surface area contributed by atoms with Crippen LogP contribution in [0.3, 0.4) is 0 Å². The number of hydrogen-bond acceptors (Lipinski definition) is 7. The second-order valence-electron chi connectivity index (χ2n) is 7.54. The number of rotatable bonds is 7. The van der Waals surface area contributed by atoms with Crippen LogP contribution in [0.15, 0.2) is 72.3 Å². The first-order valence-corrected chi connectivity index (χ1v) is 10.9. The van der Waals surface area contributed by atoms with Gasteiger partial charge in [-0.1, -0.05) is 30.3 Å². The van der Waals surface area contributed by atoms with Gasteiger partial charge in [-0.05, 0) is 53.7 Å². The van der Waals surface area contributed by atoms with E-state index in [0.29, 0.717) is 22.6 Å². The number of methoxy groups -OCH3 is 1.